The van der Waals surface area contributed by atoms with Gasteiger partial charge in [0.25, 0.3) is 5.91 Å². The highest BCUT2D eigenvalue weighted by atomic mass is 32.2. The van der Waals surface area contributed by atoms with Crippen molar-refractivity contribution in [1.29, 1.82) is 0 Å². The summed E-state index contributed by atoms with van der Waals surface area (Å²) >= 11 is 0. The molecule has 2 fully saturated rings. The van der Waals surface area contributed by atoms with Gasteiger partial charge in [-0.2, -0.15) is 0 Å². The summed E-state index contributed by atoms with van der Waals surface area (Å²) < 4.78 is 38.1. The first-order valence-corrected chi connectivity index (χ1v) is 11.8. The van der Waals surface area contributed by atoms with Gasteiger partial charge >= 0.3 is 6.09 Å². The van der Waals surface area contributed by atoms with Gasteiger partial charge in [-0.25, -0.2) is 17.9 Å². The average molecular weight is 440 g/mol. The van der Waals surface area contributed by atoms with Crippen LogP contribution in [0.1, 0.15) is 43.0 Å². The van der Waals surface area contributed by atoms with E-state index >= 15 is 0 Å². The molecule has 0 aliphatic carbocycles. The summed E-state index contributed by atoms with van der Waals surface area (Å²) in [6, 6.07) is 5.90. The van der Waals surface area contributed by atoms with E-state index in [1.807, 2.05) is 0 Å². The van der Waals surface area contributed by atoms with Crippen LogP contribution in [0.3, 0.4) is 0 Å². The molecule has 0 spiro atoms. The fraction of sp³-hybridized carbons (Fsp3) is 0.600. The van der Waals surface area contributed by atoms with Gasteiger partial charge in [-0.15, -0.1) is 0 Å². The molecule has 2 amide bonds. The Morgan fingerprint density at radius 3 is 2.67 bits per heavy atom. The van der Waals surface area contributed by atoms with Crippen LogP contribution in [0.25, 0.3) is 0 Å². The Morgan fingerprint density at radius 1 is 1.23 bits per heavy atom. The predicted molar refractivity (Wildman–Crippen MR) is 110 cm³/mol. The van der Waals surface area contributed by atoms with Gasteiger partial charge in [0.15, 0.2) is 0 Å². The predicted octanol–water partition coefficient (Wildman–Crippen LogP) is 1.49. The van der Waals surface area contributed by atoms with Crippen molar-refractivity contribution in [2.75, 3.05) is 32.8 Å². The van der Waals surface area contributed by atoms with E-state index in [2.05, 4.69) is 10.0 Å². The molecule has 2 N–H and O–H groups in total. The van der Waals surface area contributed by atoms with Crippen LogP contribution in [0.4, 0.5) is 4.79 Å². The van der Waals surface area contributed by atoms with Gasteiger partial charge in [-0.1, -0.05) is 6.07 Å². The smallest absolute Gasteiger partial charge is 0.409 e. The summed E-state index contributed by atoms with van der Waals surface area (Å²) in [5.74, 6) is -0.333. The van der Waals surface area contributed by atoms with E-state index < -0.39 is 10.0 Å². The highest BCUT2D eigenvalue weighted by Gasteiger charge is 2.25. The molecule has 0 saturated carbocycles. The second-order valence-corrected chi connectivity index (χ2v) is 9.22. The van der Waals surface area contributed by atoms with Gasteiger partial charge in [-0.05, 0) is 50.8 Å². The second-order valence-electron chi connectivity index (χ2n) is 7.45. The van der Waals surface area contributed by atoms with E-state index in [1.165, 1.54) is 12.1 Å². The number of benzene rings is 1. The number of sulfonamides is 1. The number of likely N-dealkylation sites (tertiary alicyclic amines) is 1. The van der Waals surface area contributed by atoms with Crippen molar-refractivity contribution in [3.05, 3.63) is 29.8 Å². The summed E-state index contributed by atoms with van der Waals surface area (Å²) in [7, 11) is -3.73. The second kappa shape index (κ2) is 10.2. The van der Waals surface area contributed by atoms with E-state index in [0.717, 1.165) is 12.8 Å². The van der Waals surface area contributed by atoms with Crippen LogP contribution in [0.15, 0.2) is 29.2 Å². The number of nitrogens with zero attached hydrogens (tertiary/aromatic N) is 1. The minimum absolute atomic E-state index is 0.0466. The number of rotatable bonds is 7. The molecular weight excluding hydrogens is 410 g/mol. The Labute approximate surface area is 177 Å². The minimum atomic E-state index is -3.73. The van der Waals surface area contributed by atoms with Crippen molar-refractivity contribution in [3.8, 4) is 0 Å². The molecule has 10 heteroatoms. The summed E-state index contributed by atoms with van der Waals surface area (Å²) in [5, 5.41) is 2.93. The summed E-state index contributed by atoms with van der Waals surface area (Å²) in [4.78, 5) is 26.1. The average Bonchev–Trinajstić information content (AvgIpc) is 3.27. The first-order valence-electron chi connectivity index (χ1n) is 10.3. The maximum Gasteiger partial charge on any atom is 0.409 e. The zero-order valence-corrected chi connectivity index (χ0v) is 17.9. The van der Waals surface area contributed by atoms with E-state index in [1.54, 1.807) is 24.0 Å². The number of ether oxygens (including phenoxy) is 2. The molecule has 2 aliphatic rings. The molecular formula is C20H29N3O6S. The monoisotopic (exact) mass is 439 g/mol. The van der Waals surface area contributed by atoms with Gasteiger partial charge in [0.2, 0.25) is 10.0 Å². The van der Waals surface area contributed by atoms with E-state index in [4.69, 9.17) is 9.47 Å². The summed E-state index contributed by atoms with van der Waals surface area (Å²) in [6.07, 6.45) is 2.56. The van der Waals surface area contributed by atoms with Crippen LogP contribution < -0.4 is 10.0 Å². The molecule has 2 saturated heterocycles. The van der Waals surface area contributed by atoms with Crippen molar-refractivity contribution in [2.24, 2.45) is 0 Å². The molecule has 2 heterocycles. The SMILES string of the molecule is CCOC(=O)N1CCC(NC(=O)c2cccc(S(=O)(=O)NC[C@H]3CCCO3)c2)CC1. The Morgan fingerprint density at radius 2 is 2.00 bits per heavy atom. The third kappa shape index (κ3) is 5.93. The van der Waals surface area contributed by atoms with Crippen LogP contribution in [0, 0.1) is 0 Å². The standard InChI is InChI=1S/C20H29N3O6S/c1-2-28-20(25)23-10-8-16(9-11-23)22-19(24)15-5-3-7-18(13-15)30(26,27)21-14-17-6-4-12-29-17/h3,5,7,13,16-17,21H,2,4,6,8-12,14H2,1H3,(H,22,24)/t17-/m1/s1. The highest BCUT2D eigenvalue weighted by molar-refractivity contribution is 7.89. The van der Waals surface area contributed by atoms with E-state index in [9.17, 15) is 18.0 Å². The fourth-order valence-electron chi connectivity index (χ4n) is 3.59. The lowest BCUT2D eigenvalue weighted by molar-refractivity contribution is 0.0860. The van der Waals surface area contributed by atoms with Gasteiger partial charge in [0.05, 0.1) is 17.6 Å². The molecule has 0 radical (unpaired) electrons. The lowest BCUT2D eigenvalue weighted by atomic mass is 10.0. The topological polar surface area (TPSA) is 114 Å². The zero-order chi connectivity index (χ0) is 21.6. The quantitative estimate of drug-likeness (QED) is 0.665. The Kier molecular flexibility index (Phi) is 7.68. The van der Waals surface area contributed by atoms with Gasteiger partial charge in [0, 0.05) is 37.8 Å². The maximum atomic E-state index is 12.6. The van der Waals surface area contributed by atoms with Crippen molar-refractivity contribution in [1.82, 2.24) is 14.9 Å². The number of carbonyl (C=O) groups excluding carboxylic acids is 2. The van der Waals surface area contributed by atoms with Gasteiger partial charge in [-0.3, -0.25) is 4.79 Å². The molecule has 0 aromatic heterocycles. The third-order valence-electron chi connectivity index (χ3n) is 5.29. The van der Waals surface area contributed by atoms with E-state index in [-0.39, 0.29) is 41.1 Å². The molecule has 9 nitrogen and oxygen atoms in total. The molecule has 0 unspecified atom stereocenters. The number of carbonyl (C=O) groups is 2. The maximum absolute atomic E-state index is 12.6. The van der Waals surface area contributed by atoms with Gasteiger partial charge in [0.1, 0.15) is 0 Å². The zero-order valence-electron chi connectivity index (χ0n) is 17.1. The molecule has 3 rings (SSSR count). The Balaban J connectivity index is 1.55. The number of nitrogens with one attached hydrogen (secondary N) is 2. The first-order chi connectivity index (χ1) is 14.4. The summed E-state index contributed by atoms with van der Waals surface area (Å²) in [5.41, 5.74) is 0.280. The summed E-state index contributed by atoms with van der Waals surface area (Å²) in [6.45, 7) is 3.98. The normalized spacial score (nSPS) is 20.2. The molecule has 166 valence electrons. The Bertz CT molecular complexity index is 846. The highest BCUT2D eigenvalue weighted by Crippen LogP contribution is 2.16. The van der Waals surface area contributed by atoms with E-state index in [0.29, 0.717) is 39.1 Å². The largest absolute Gasteiger partial charge is 0.450 e. The van der Waals surface area contributed by atoms with Crippen LogP contribution >= 0.6 is 0 Å². The molecule has 1 aromatic rings. The lowest BCUT2D eigenvalue weighted by Crippen LogP contribution is -2.46. The number of hydrogen-bond donors (Lipinski definition) is 2. The molecule has 1 aromatic carbocycles. The van der Waals surface area contributed by atoms with Crippen LogP contribution in [-0.2, 0) is 19.5 Å². The van der Waals surface area contributed by atoms with Crippen LogP contribution in [-0.4, -0.2) is 70.3 Å². The van der Waals surface area contributed by atoms with Gasteiger partial charge < -0.3 is 19.7 Å². The van der Waals surface area contributed by atoms with Crippen molar-refractivity contribution >= 4 is 22.0 Å². The fourth-order valence-corrected chi connectivity index (χ4v) is 4.70. The van der Waals surface area contributed by atoms with Crippen LogP contribution in [0.5, 0.6) is 0 Å². The minimum Gasteiger partial charge on any atom is -0.450 e. The van der Waals surface area contributed by atoms with Crippen molar-refractivity contribution < 1.29 is 27.5 Å². The lowest BCUT2D eigenvalue weighted by Gasteiger charge is -2.31. The molecule has 1 atom stereocenters. The molecule has 0 bridgehead atoms. The third-order valence-corrected chi connectivity index (χ3v) is 6.71. The molecule has 30 heavy (non-hydrogen) atoms. The number of piperidine rings is 1. The van der Waals surface area contributed by atoms with Crippen molar-refractivity contribution in [3.63, 3.8) is 0 Å². The van der Waals surface area contributed by atoms with Crippen LogP contribution in [0.2, 0.25) is 0 Å². The number of amides is 2. The molecule has 2 aliphatic heterocycles. The van der Waals surface area contributed by atoms with Crippen molar-refractivity contribution in [2.45, 2.75) is 49.6 Å². The first kappa shape index (κ1) is 22.5. The Hall–Kier alpha value is -2.17. The number of hydrogen-bond acceptors (Lipinski definition) is 6.